The molecule has 0 bridgehead atoms. The molecule has 0 unspecified atom stereocenters. The van der Waals surface area contributed by atoms with Crippen LogP contribution in [0.3, 0.4) is 0 Å². The van der Waals surface area contributed by atoms with Crippen molar-refractivity contribution in [3.63, 3.8) is 0 Å². The second-order valence-electron chi connectivity index (χ2n) is 14.9. The monoisotopic (exact) mass is 860 g/mol. The van der Waals surface area contributed by atoms with Crippen molar-refractivity contribution in [3.8, 4) is 0 Å². The summed E-state index contributed by atoms with van der Waals surface area (Å²) < 4.78 is 122. The minimum atomic E-state index is -1.37. The molecule has 5 aliphatic heterocycles. The third kappa shape index (κ3) is 10.6. The number of hydrogen-bond donors (Lipinski definition) is 1. The van der Waals surface area contributed by atoms with Crippen molar-refractivity contribution in [1.82, 2.24) is 0 Å². The van der Waals surface area contributed by atoms with Gasteiger partial charge >= 0.3 is 0 Å². The Bertz CT molecular complexity index is 1210. The molecule has 0 spiro atoms. The quantitative estimate of drug-likeness (QED) is 0.170. The summed E-state index contributed by atoms with van der Waals surface area (Å²) in [5.74, 6) is 0. The van der Waals surface area contributed by atoms with E-state index < -0.39 is 135 Å². The second-order valence-corrected chi connectivity index (χ2v) is 14.9. The van der Waals surface area contributed by atoms with Crippen molar-refractivity contribution in [2.45, 2.75) is 149 Å². The van der Waals surface area contributed by atoms with Crippen LogP contribution in [-0.2, 0) is 94.7 Å². The molecule has 59 heavy (non-hydrogen) atoms. The van der Waals surface area contributed by atoms with Gasteiger partial charge in [0.15, 0.2) is 31.5 Å². The highest BCUT2D eigenvalue weighted by Gasteiger charge is 2.56. The Morgan fingerprint density at radius 1 is 0.322 bits per heavy atom. The van der Waals surface area contributed by atoms with Gasteiger partial charge in [-0.25, -0.2) is 0 Å². The zero-order valence-electron chi connectivity index (χ0n) is 36.4. The maximum atomic E-state index is 11.0. The maximum absolute atomic E-state index is 11.0. The van der Waals surface area contributed by atoms with Gasteiger partial charge in [0.05, 0.1) is 32.0 Å². The fourth-order valence-electron chi connectivity index (χ4n) is 8.68. The van der Waals surface area contributed by atoms with E-state index in [0.717, 1.165) is 0 Å². The standard InChI is InChI=1S/C38H68O21/c1-17-22(43-6)27(46-9)32(49-12)37(54-17)57-26-21(42-5)16-53-36(31(26)48-11)56-23-18(2)55-38(59-29-24(44-7)19(40-3)14-51-34(29)39)33(50-13)28(23)58-35-30(47-10)25(45-8)20(41-4)15-52-35/h17-39H,14-16H2,1-13H3/t17-,18-,19-,20+,21+,22-,23-,24-,25-,26-,27+,28+,29+,30+,31+,32+,33+,34-,35-,36-,37-,38-/m0/s1. The van der Waals surface area contributed by atoms with Crippen LogP contribution in [0.4, 0.5) is 0 Å². The Labute approximate surface area is 346 Å². The van der Waals surface area contributed by atoms with Gasteiger partial charge < -0.3 is 99.8 Å². The molecule has 0 amide bonds. The van der Waals surface area contributed by atoms with E-state index in [2.05, 4.69) is 0 Å². The van der Waals surface area contributed by atoms with E-state index in [0.29, 0.717) is 0 Å². The maximum Gasteiger partial charge on any atom is 0.187 e. The summed E-state index contributed by atoms with van der Waals surface area (Å²) in [6, 6.07) is 0. The van der Waals surface area contributed by atoms with Crippen LogP contribution in [0, 0.1) is 0 Å². The van der Waals surface area contributed by atoms with Gasteiger partial charge in [0.1, 0.15) is 91.6 Å². The molecule has 5 aliphatic rings. The molecular weight excluding hydrogens is 792 g/mol. The van der Waals surface area contributed by atoms with Crippen molar-refractivity contribution in [3.05, 3.63) is 0 Å². The normalized spacial score (nSPS) is 47.3. The number of aliphatic hydroxyl groups is 1. The van der Waals surface area contributed by atoms with E-state index in [4.69, 9.17) is 94.7 Å². The van der Waals surface area contributed by atoms with E-state index in [9.17, 15) is 5.11 Å². The van der Waals surface area contributed by atoms with Gasteiger partial charge in [-0.05, 0) is 13.8 Å². The van der Waals surface area contributed by atoms with Gasteiger partial charge in [0.25, 0.3) is 0 Å². The highest BCUT2D eigenvalue weighted by molar-refractivity contribution is 4.98. The molecule has 5 rings (SSSR count). The van der Waals surface area contributed by atoms with Crippen molar-refractivity contribution in [1.29, 1.82) is 0 Å². The number of methoxy groups -OCH3 is 11. The van der Waals surface area contributed by atoms with E-state index in [1.165, 1.54) is 35.5 Å². The van der Waals surface area contributed by atoms with E-state index >= 15 is 0 Å². The van der Waals surface area contributed by atoms with Crippen LogP contribution in [0.15, 0.2) is 0 Å². The number of rotatable bonds is 19. The highest BCUT2D eigenvalue weighted by atomic mass is 16.8. The molecule has 0 aromatic heterocycles. The number of aliphatic hydroxyl groups excluding tert-OH is 1. The molecule has 5 heterocycles. The lowest BCUT2D eigenvalue weighted by molar-refractivity contribution is -0.397. The fourth-order valence-corrected chi connectivity index (χ4v) is 8.68. The average Bonchev–Trinajstić information content (AvgIpc) is 3.24. The average molecular weight is 861 g/mol. The van der Waals surface area contributed by atoms with Crippen molar-refractivity contribution in [2.24, 2.45) is 0 Å². The molecule has 0 aliphatic carbocycles. The molecule has 0 aromatic rings. The first-order valence-corrected chi connectivity index (χ1v) is 19.8. The second kappa shape index (κ2) is 23.2. The summed E-state index contributed by atoms with van der Waals surface area (Å²) in [6.45, 7) is 3.93. The van der Waals surface area contributed by atoms with E-state index in [1.807, 2.05) is 6.92 Å². The Morgan fingerprint density at radius 2 is 0.661 bits per heavy atom. The smallest absolute Gasteiger partial charge is 0.187 e. The molecule has 22 atom stereocenters. The van der Waals surface area contributed by atoms with Gasteiger partial charge in [0.2, 0.25) is 0 Å². The summed E-state index contributed by atoms with van der Waals surface area (Å²) in [5, 5.41) is 11.0. The molecule has 0 radical (unpaired) electrons. The molecule has 21 nitrogen and oxygen atoms in total. The first-order valence-electron chi connectivity index (χ1n) is 19.8. The van der Waals surface area contributed by atoms with Crippen molar-refractivity contribution < 1.29 is 99.8 Å². The minimum Gasteiger partial charge on any atom is -0.376 e. The van der Waals surface area contributed by atoms with Gasteiger partial charge in [0, 0.05) is 78.2 Å². The van der Waals surface area contributed by atoms with Crippen molar-refractivity contribution >= 4 is 0 Å². The van der Waals surface area contributed by atoms with Crippen LogP contribution in [0.25, 0.3) is 0 Å². The predicted molar refractivity (Wildman–Crippen MR) is 198 cm³/mol. The SMILES string of the molecule is CO[C@@H]1[C@@H](OC)[C@H](C)O[C@@H](O[C@@H]2[C@@H](OC)[C@H](O[C@@H]3[C@@H](O[C@@H]4OC[C@@H](OC)[C@H](OC)[C@H]4OC)[C@@H](OC)[C@H](O[C@@H]4[C@@H](OC)[C@@H](OC)CO[C@@H]4O)O[C@H]3C)OC[C@H]2OC)[C@@H]1OC. The summed E-state index contributed by atoms with van der Waals surface area (Å²) in [5.41, 5.74) is 0. The van der Waals surface area contributed by atoms with Crippen LogP contribution in [0.1, 0.15) is 13.8 Å². The third-order valence-corrected chi connectivity index (χ3v) is 11.9. The molecule has 346 valence electrons. The highest BCUT2D eigenvalue weighted by Crippen LogP contribution is 2.38. The predicted octanol–water partition coefficient (Wildman–Crippen LogP) is -0.757. The summed E-state index contributed by atoms with van der Waals surface area (Å²) in [7, 11) is 16.9. The van der Waals surface area contributed by atoms with Gasteiger partial charge in [-0.1, -0.05) is 0 Å². The Kier molecular flexibility index (Phi) is 19.3. The van der Waals surface area contributed by atoms with Crippen LogP contribution >= 0.6 is 0 Å². The first-order chi connectivity index (χ1) is 28.5. The number of hydrogen-bond acceptors (Lipinski definition) is 21. The van der Waals surface area contributed by atoms with Crippen molar-refractivity contribution in [2.75, 3.05) is 98.0 Å². The molecule has 0 aromatic carbocycles. The lowest BCUT2D eigenvalue weighted by atomic mass is 9.96. The third-order valence-electron chi connectivity index (χ3n) is 11.9. The molecule has 1 N–H and O–H groups in total. The first kappa shape index (κ1) is 49.2. The van der Waals surface area contributed by atoms with E-state index in [-0.39, 0.29) is 19.8 Å². The van der Waals surface area contributed by atoms with Gasteiger partial charge in [-0.15, -0.1) is 0 Å². The Morgan fingerprint density at radius 3 is 1.14 bits per heavy atom. The van der Waals surface area contributed by atoms with E-state index in [1.54, 1.807) is 49.6 Å². The van der Waals surface area contributed by atoms with Crippen LogP contribution < -0.4 is 0 Å². The zero-order valence-corrected chi connectivity index (χ0v) is 36.4. The molecule has 21 heteroatoms. The fraction of sp³-hybridized carbons (Fsp3) is 1.00. The molecule has 0 saturated carbocycles. The topological polar surface area (TPSA) is 205 Å². The Hall–Kier alpha value is -0.840. The minimum absolute atomic E-state index is 0.0526. The summed E-state index contributed by atoms with van der Waals surface area (Å²) >= 11 is 0. The Balaban J connectivity index is 1.45. The molecule has 5 fully saturated rings. The van der Waals surface area contributed by atoms with Gasteiger partial charge in [-0.2, -0.15) is 0 Å². The molecule has 5 saturated heterocycles. The number of ether oxygens (including phenoxy) is 20. The van der Waals surface area contributed by atoms with Crippen LogP contribution in [0.2, 0.25) is 0 Å². The van der Waals surface area contributed by atoms with Gasteiger partial charge in [-0.3, -0.25) is 0 Å². The zero-order chi connectivity index (χ0) is 43.0. The lowest BCUT2D eigenvalue weighted by Gasteiger charge is -2.51. The summed E-state index contributed by atoms with van der Waals surface area (Å²) in [6.07, 6.45) is -17.7. The lowest BCUT2D eigenvalue weighted by Crippen LogP contribution is -2.67. The summed E-state index contributed by atoms with van der Waals surface area (Å²) in [4.78, 5) is 0. The molecular formula is C38H68O21. The van der Waals surface area contributed by atoms with Crippen LogP contribution in [-0.4, -0.2) is 238 Å². The largest absolute Gasteiger partial charge is 0.376 e. The van der Waals surface area contributed by atoms with Crippen LogP contribution in [0.5, 0.6) is 0 Å².